The highest BCUT2D eigenvalue weighted by Crippen LogP contribution is 2.68. The Morgan fingerprint density at radius 1 is 0.818 bits per heavy atom. The number of hydrogen-bond donors (Lipinski definition) is 1. The van der Waals surface area contributed by atoms with Gasteiger partial charge in [0, 0.05) is 11.8 Å². The van der Waals surface area contributed by atoms with Gasteiger partial charge in [-0.2, -0.15) is 5.06 Å². The van der Waals surface area contributed by atoms with Crippen LogP contribution >= 0.6 is 22.6 Å². The molecule has 0 spiro atoms. The highest BCUT2D eigenvalue weighted by atomic mass is 127. The van der Waals surface area contributed by atoms with Gasteiger partial charge in [0.1, 0.15) is 3.92 Å². The minimum Gasteiger partial charge on any atom is -0.298 e. The zero-order valence-electron chi connectivity index (χ0n) is 11.3. The predicted octanol–water partition coefficient (Wildman–Crippen LogP) is 0.226. The fourth-order valence-electron chi connectivity index (χ4n) is 5.75. The van der Waals surface area contributed by atoms with Crippen molar-refractivity contribution in [3.05, 3.63) is 12.2 Å². The summed E-state index contributed by atoms with van der Waals surface area (Å²) in [6.45, 7) is 0. The molecule has 1 saturated heterocycles. The average Bonchev–Trinajstić information content (AvgIpc) is 2.82. The van der Waals surface area contributed by atoms with Gasteiger partial charge in [-0.15, -0.1) is 0 Å². The number of rotatable bonds is 0. The molecule has 1 heterocycles. The van der Waals surface area contributed by atoms with Gasteiger partial charge in [0.15, 0.2) is 11.6 Å². The molecule has 2 amide bonds. The molecule has 8 atom stereocenters. The molecule has 3 saturated carbocycles. The quantitative estimate of drug-likeness (QED) is 0.153. The zero-order valence-corrected chi connectivity index (χ0v) is 13.4. The maximum atomic E-state index is 12.3. The Morgan fingerprint density at radius 3 is 1.64 bits per heavy atom. The topological polar surface area (TPSA) is 91.8 Å². The first-order valence-corrected chi connectivity index (χ1v) is 8.66. The summed E-state index contributed by atoms with van der Waals surface area (Å²) in [5.41, 5.74) is 0. The molecular weight excluding hydrogens is 401 g/mol. The third kappa shape index (κ3) is 1.17. The van der Waals surface area contributed by atoms with Crippen molar-refractivity contribution in [2.24, 2.45) is 47.3 Å². The highest BCUT2D eigenvalue weighted by molar-refractivity contribution is 14.1. The Bertz CT molecular complexity index is 646. The predicted molar refractivity (Wildman–Crippen MR) is 78.5 cm³/mol. The van der Waals surface area contributed by atoms with E-state index < -0.39 is 27.6 Å². The molecular formula is C15H12INO5. The Kier molecular flexibility index (Phi) is 2.35. The molecule has 0 aromatic heterocycles. The van der Waals surface area contributed by atoms with Crippen molar-refractivity contribution in [1.82, 2.24) is 5.06 Å². The number of ketones is 2. The van der Waals surface area contributed by atoms with E-state index >= 15 is 0 Å². The lowest BCUT2D eigenvalue weighted by atomic mass is 9.40. The van der Waals surface area contributed by atoms with Crippen LogP contribution in [0.5, 0.6) is 0 Å². The minimum absolute atomic E-state index is 0.0213. The van der Waals surface area contributed by atoms with Crippen LogP contribution in [0.15, 0.2) is 12.2 Å². The van der Waals surface area contributed by atoms with Crippen LogP contribution in [-0.4, -0.2) is 37.6 Å². The zero-order chi connectivity index (χ0) is 15.5. The van der Waals surface area contributed by atoms with Crippen LogP contribution in [0.2, 0.25) is 0 Å². The van der Waals surface area contributed by atoms with Gasteiger partial charge in [-0.05, 0) is 23.7 Å². The van der Waals surface area contributed by atoms with E-state index in [1.807, 2.05) is 34.7 Å². The van der Waals surface area contributed by atoms with Crippen molar-refractivity contribution >= 4 is 46.0 Å². The monoisotopic (exact) mass is 413 g/mol. The number of amides is 2. The van der Waals surface area contributed by atoms with E-state index in [9.17, 15) is 24.4 Å². The van der Waals surface area contributed by atoms with E-state index in [4.69, 9.17) is 0 Å². The minimum atomic E-state index is -0.585. The van der Waals surface area contributed by atoms with Crippen LogP contribution in [0.25, 0.3) is 0 Å². The van der Waals surface area contributed by atoms with Crippen molar-refractivity contribution in [2.75, 3.05) is 0 Å². The summed E-state index contributed by atoms with van der Waals surface area (Å²) < 4.78 is -0.585. The maximum Gasteiger partial charge on any atom is 0.257 e. The Labute approximate surface area is 139 Å². The highest BCUT2D eigenvalue weighted by Gasteiger charge is 2.74. The number of Topliss-reactive ketones (excluding diaryl/α,β-unsaturated/α-hetero) is 2. The van der Waals surface area contributed by atoms with Crippen LogP contribution in [0.1, 0.15) is 0 Å². The number of carbonyl (C=O) groups is 4. The van der Waals surface area contributed by atoms with Crippen molar-refractivity contribution in [3.63, 3.8) is 0 Å². The van der Waals surface area contributed by atoms with Gasteiger partial charge in [-0.3, -0.25) is 24.4 Å². The number of carbonyl (C=O) groups excluding carboxylic acids is 4. The molecule has 22 heavy (non-hydrogen) atoms. The number of allylic oxidation sites excluding steroid dienone is 2. The van der Waals surface area contributed by atoms with Gasteiger partial charge in [0.25, 0.3) is 11.8 Å². The standard InChI is InChI=1S/C15H12INO5/c16-11-12(18)9-5-3-1-2-4(6(5)10(9)13(11)19)8-7(3)14(20)17(22)15(8)21/h1-11,22H. The van der Waals surface area contributed by atoms with E-state index in [0.29, 0.717) is 0 Å². The fourth-order valence-corrected chi connectivity index (χ4v) is 6.58. The van der Waals surface area contributed by atoms with Gasteiger partial charge in [0.05, 0.1) is 11.8 Å². The lowest BCUT2D eigenvalue weighted by Crippen LogP contribution is -2.63. The Morgan fingerprint density at radius 2 is 1.23 bits per heavy atom. The van der Waals surface area contributed by atoms with Gasteiger partial charge in [-0.1, -0.05) is 34.7 Å². The smallest absolute Gasteiger partial charge is 0.257 e. The summed E-state index contributed by atoms with van der Waals surface area (Å²) in [5, 5.41) is 9.92. The molecule has 6 rings (SSSR count). The molecule has 2 bridgehead atoms. The van der Waals surface area contributed by atoms with Crippen molar-refractivity contribution in [3.8, 4) is 0 Å². The van der Waals surface area contributed by atoms with Crippen LogP contribution < -0.4 is 0 Å². The Hall–Kier alpha value is -1.09. The normalized spacial score (nSPS) is 54.5. The fraction of sp³-hybridized carbons (Fsp3) is 0.600. The number of hydroxylamine groups is 2. The molecule has 1 aliphatic heterocycles. The number of halogens is 1. The van der Waals surface area contributed by atoms with Crippen LogP contribution in [0.4, 0.5) is 0 Å². The second kappa shape index (κ2) is 3.87. The van der Waals surface area contributed by atoms with Crippen LogP contribution in [0, 0.1) is 47.3 Å². The second-order valence-corrected chi connectivity index (χ2v) is 8.20. The molecule has 6 nitrogen and oxygen atoms in total. The summed E-state index contributed by atoms with van der Waals surface area (Å²) in [5.74, 6) is -3.36. The van der Waals surface area contributed by atoms with E-state index in [1.54, 1.807) is 0 Å². The molecule has 8 unspecified atom stereocenters. The first-order valence-electron chi connectivity index (χ1n) is 7.41. The van der Waals surface area contributed by atoms with Crippen molar-refractivity contribution in [1.29, 1.82) is 0 Å². The van der Waals surface area contributed by atoms with Crippen molar-refractivity contribution < 1.29 is 24.4 Å². The summed E-state index contributed by atoms with van der Waals surface area (Å²) in [6.07, 6.45) is 3.84. The lowest BCUT2D eigenvalue weighted by molar-refractivity contribution is -0.173. The summed E-state index contributed by atoms with van der Waals surface area (Å²) >= 11 is 1.91. The lowest BCUT2D eigenvalue weighted by Gasteiger charge is -2.61. The molecule has 114 valence electrons. The molecule has 0 radical (unpaired) electrons. The Balaban J connectivity index is 1.62. The van der Waals surface area contributed by atoms with E-state index in [-0.39, 0.29) is 52.1 Å². The number of alkyl halides is 1. The summed E-state index contributed by atoms with van der Waals surface area (Å²) in [6, 6.07) is 0. The number of hydrogen-bond acceptors (Lipinski definition) is 5. The molecule has 5 aliphatic carbocycles. The van der Waals surface area contributed by atoms with Gasteiger partial charge >= 0.3 is 0 Å². The maximum absolute atomic E-state index is 12.3. The van der Waals surface area contributed by atoms with Crippen molar-refractivity contribution in [2.45, 2.75) is 3.92 Å². The molecule has 0 aromatic carbocycles. The second-order valence-electron chi connectivity index (χ2n) is 6.95. The van der Waals surface area contributed by atoms with Gasteiger partial charge in [-0.25, -0.2) is 0 Å². The van der Waals surface area contributed by atoms with Gasteiger partial charge < -0.3 is 0 Å². The third-order valence-electron chi connectivity index (χ3n) is 6.47. The molecule has 6 aliphatic rings. The average molecular weight is 413 g/mol. The number of imide groups is 1. The molecule has 4 fully saturated rings. The third-order valence-corrected chi connectivity index (χ3v) is 7.69. The van der Waals surface area contributed by atoms with E-state index in [0.717, 1.165) is 0 Å². The first-order chi connectivity index (χ1) is 10.4. The summed E-state index contributed by atoms with van der Waals surface area (Å²) in [4.78, 5) is 49.1. The van der Waals surface area contributed by atoms with Crippen LogP contribution in [-0.2, 0) is 19.2 Å². The molecule has 1 N–H and O–H groups in total. The molecule has 0 aromatic rings. The van der Waals surface area contributed by atoms with E-state index in [1.165, 1.54) is 0 Å². The SMILES string of the molecule is O=C1C(I)C(=O)C2C1C1C3C=CC(C4C(=O)N(O)C(=O)C34)C21. The number of fused-ring (bicyclic) bond motifs is 1. The number of nitrogens with zero attached hydrogens (tertiary/aromatic N) is 1. The summed E-state index contributed by atoms with van der Waals surface area (Å²) in [7, 11) is 0. The van der Waals surface area contributed by atoms with E-state index in [2.05, 4.69) is 0 Å². The first kappa shape index (κ1) is 13.4. The van der Waals surface area contributed by atoms with Crippen LogP contribution in [0.3, 0.4) is 0 Å². The van der Waals surface area contributed by atoms with Gasteiger partial charge in [0.2, 0.25) is 0 Å². The molecule has 7 heteroatoms. The largest absolute Gasteiger partial charge is 0.298 e.